The summed E-state index contributed by atoms with van der Waals surface area (Å²) >= 11 is 3.45. The van der Waals surface area contributed by atoms with Crippen LogP contribution in [-0.4, -0.2) is 33.7 Å². The zero-order chi connectivity index (χ0) is 10.7. The first-order chi connectivity index (χ1) is 7.33. The first-order valence-corrected chi connectivity index (χ1v) is 6.22. The third-order valence-electron chi connectivity index (χ3n) is 2.72. The molecule has 1 aliphatic rings. The van der Waals surface area contributed by atoms with Crippen LogP contribution in [0.3, 0.4) is 0 Å². The van der Waals surface area contributed by atoms with Gasteiger partial charge in [0.15, 0.2) is 0 Å². The summed E-state index contributed by atoms with van der Waals surface area (Å²) in [5.41, 5.74) is 0.686. The molecular formula is C11H13BrN2O. The van der Waals surface area contributed by atoms with Crippen molar-refractivity contribution in [3.63, 3.8) is 0 Å². The van der Waals surface area contributed by atoms with Crippen LogP contribution in [0.25, 0.3) is 0 Å². The molecule has 0 bridgehead atoms. The van der Waals surface area contributed by atoms with Crippen LogP contribution in [0.5, 0.6) is 0 Å². The number of likely N-dealkylation sites (tertiary alicyclic amines) is 1. The van der Waals surface area contributed by atoms with Crippen molar-refractivity contribution in [3.05, 3.63) is 30.1 Å². The molecule has 0 aliphatic carbocycles. The summed E-state index contributed by atoms with van der Waals surface area (Å²) in [5.74, 6) is 0.102. The summed E-state index contributed by atoms with van der Waals surface area (Å²) < 4.78 is 0. The van der Waals surface area contributed by atoms with E-state index >= 15 is 0 Å². The number of amides is 1. The maximum Gasteiger partial charge on any atom is 0.255 e. The molecule has 1 saturated heterocycles. The van der Waals surface area contributed by atoms with Gasteiger partial charge in [0.05, 0.1) is 5.56 Å². The predicted octanol–water partition coefficient (Wildman–Crippen LogP) is 2.08. The third kappa shape index (κ3) is 2.20. The summed E-state index contributed by atoms with van der Waals surface area (Å²) in [6.45, 7) is 0.865. The number of rotatable bonds is 2. The molecule has 0 N–H and O–H groups in total. The largest absolute Gasteiger partial charge is 0.335 e. The number of halogens is 1. The van der Waals surface area contributed by atoms with Crippen LogP contribution in [0.1, 0.15) is 23.2 Å². The molecule has 0 radical (unpaired) electrons. The highest BCUT2D eigenvalue weighted by Crippen LogP contribution is 2.21. The van der Waals surface area contributed by atoms with E-state index in [9.17, 15) is 4.79 Å². The Labute approximate surface area is 97.6 Å². The lowest BCUT2D eigenvalue weighted by atomic mass is 10.2. The van der Waals surface area contributed by atoms with Gasteiger partial charge >= 0.3 is 0 Å². The quantitative estimate of drug-likeness (QED) is 0.770. The molecule has 1 fully saturated rings. The number of carbonyl (C=O) groups excluding carboxylic acids is 1. The molecule has 0 spiro atoms. The van der Waals surface area contributed by atoms with E-state index in [0.717, 1.165) is 24.7 Å². The van der Waals surface area contributed by atoms with E-state index in [4.69, 9.17) is 0 Å². The Morgan fingerprint density at radius 3 is 3.20 bits per heavy atom. The molecule has 2 heterocycles. The van der Waals surface area contributed by atoms with Crippen molar-refractivity contribution in [2.75, 3.05) is 11.9 Å². The van der Waals surface area contributed by atoms with E-state index in [-0.39, 0.29) is 5.91 Å². The smallest absolute Gasteiger partial charge is 0.255 e. The lowest BCUT2D eigenvalue weighted by Crippen LogP contribution is -2.36. The summed E-state index contributed by atoms with van der Waals surface area (Å²) in [6.07, 6.45) is 5.51. The van der Waals surface area contributed by atoms with Gasteiger partial charge in [-0.3, -0.25) is 9.78 Å². The van der Waals surface area contributed by atoms with Crippen LogP contribution in [0.2, 0.25) is 0 Å². The number of carbonyl (C=O) groups is 1. The van der Waals surface area contributed by atoms with Crippen molar-refractivity contribution in [1.29, 1.82) is 0 Å². The minimum Gasteiger partial charge on any atom is -0.335 e. The van der Waals surface area contributed by atoms with Crippen LogP contribution >= 0.6 is 15.9 Å². The van der Waals surface area contributed by atoms with E-state index in [2.05, 4.69) is 20.9 Å². The highest BCUT2D eigenvalue weighted by atomic mass is 79.9. The number of alkyl halides is 1. The van der Waals surface area contributed by atoms with Crippen molar-refractivity contribution in [2.45, 2.75) is 18.9 Å². The van der Waals surface area contributed by atoms with Crippen LogP contribution in [0, 0.1) is 0 Å². The Kier molecular flexibility index (Phi) is 3.36. The van der Waals surface area contributed by atoms with Gasteiger partial charge in [0.1, 0.15) is 0 Å². The lowest BCUT2D eigenvalue weighted by molar-refractivity contribution is 0.0750. The van der Waals surface area contributed by atoms with Gasteiger partial charge in [-0.2, -0.15) is 0 Å². The fourth-order valence-corrected chi connectivity index (χ4v) is 2.59. The van der Waals surface area contributed by atoms with Crippen molar-refractivity contribution in [2.24, 2.45) is 0 Å². The Bertz CT molecular complexity index is 342. The molecule has 1 aromatic rings. The van der Waals surface area contributed by atoms with Crippen LogP contribution in [-0.2, 0) is 0 Å². The summed E-state index contributed by atoms with van der Waals surface area (Å²) in [5, 5.41) is 0.860. The first-order valence-electron chi connectivity index (χ1n) is 5.10. The van der Waals surface area contributed by atoms with E-state index in [1.165, 1.54) is 0 Å². The van der Waals surface area contributed by atoms with Gasteiger partial charge in [0.2, 0.25) is 0 Å². The van der Waals surface area contributed by atoms with Crippen molar-refractivity contribution < 1.29 is 4.79 Å². The molecule has 1 aliphatic heterocycles. The highest BCUT2D eigenvalue weighted by molar-refractivity contribution is 9.09. The second kappa shape index (κ2) is 4.75. The lowest BCUT2D eigenvalue weighted by Gasteiger charge is -2.22. The predicted molar refractivity (Wildman–Crippen MR) is 62.1 cm³/mol. The number of hydrogen-bond donors (Lipinski definition) is 0. The van der Waals surface area contributed by atoms with Gasteiger partial charge < -0.3 is 4.90 Å². The highest BCUT2D eigenvalue weighted by Gasteiger charge is 2.28. The first kappa shape index (κ1) is 10.6. The standard InChI is InChI=1S/C11H13BrN2O/c12-7-10-4-2-6-14(10)11(15)9-3-1-5-13-8-9/h1,3,5,8,10H,2,4,6-7H2/t10-/m1/s1. The number of aromatic nitrogens is 1. The zero-order valence-electron chi connectivity index (χ0n) is 8.40. The molecule has 15 heavy (non-hydrogen) atoms. The van der Waals surface area contributed by atoms with Gasteiger partial charge in [0.25, 0.3) is 5.91 Å². The molecule has 80 valence electrons. The molecule has 0 aromatic carbocycles. The fraction of sp³-hybridized carbons (Fsp3) is 0.455. The van der Waals surface area contributed by atoms with Crippen LogP contribution in [0.15, 0.2) is 24.5 Å². The SMILES string of the molecule is O=C(c1cccnc1)N1CCC[C@@H]1CBr. The average molecular weight is 269 g/mol. The molecule has 4 heteroatoms. The maximum absolute atomic E-state index is 12.1. The van der Waals surface area contributed by atoms with E-state index in [1.807, 2.05) is 11.0 Å². The summed E-state index contributed by atoms with van der Waals surface area (Å²) in [7, 11) is 0. The Morgan fingerprint density at radius 1 is 1.67 bits per heavy atom. The Morgan fingerprint density at radius 2 is 2.53 bits per heavy atom. The molecule has 0 unspecified atom stereocenters. The zero-order valence-corrected chi connectivity index (χ0v) is 9.98. The van der Waals surface area contributed by atoms with Gasteiger partial charge in [-0.25, -0.2) is 0 Å². The molecule has 0 saturated carbocycles. The monoisotopic (exact) mass is 268 g/mol. The van der Waals surface area contributed by atoms with Gasteiger partial charge in [-0.15, -0.1) is 0 Å². The Hall–Kier alpha value is -0.900. The summed E-state index contributed by atoms with van der Waals surface area (Å²) in [4.78, 5) is 18.0. The topological polar surface area (TPSA) is 33.2 Å². The van der Waals surface area contributed by atoms with E-state index in [0.29, 0.717) is 11.6 Å². The van der Waals surface area contributed by atoms with Gasteiger partial charge in [0, 0.05) is 30.3 Å². The Balaban J connectivity index is 2.14. The van der Waals surface area contributed by atoms with Crippen LogP contribution < -0.4 is 0 Å². The van der Waals surface area contributed by atoms with E-state index < -0.39 is 0 Å². The third-order valence-corrected chi connectivity index (χ3v) is 3.47. The molecule has 2 rings (SSSR count). The van der Waals surface area contributed by atoms with Crippen molar-refractivity contribution in [3.8, 4) is 0 Å². The van der Waals surface area contributed by atoms with Gasteiger partial charge in [-0.1, -0.05) is 15.9 Å². The number of nitrogens with zero attached hydrogens (tertiary/aromatic N) is 2. The van der Waals surface area contributed by atoms with Crippen LogP contribution in [0.4, 0.5) is 0 Å². The van der Waals surface area contributed by atoms with Crippen molar-refractivity contribution >= 4 is 21.8 Å². The average Bonchev–Trinajstić information content (AvgIpc) is 2.77. The molecule has 1 atom stereocenters. The van der Waals surface area contributed by atoms with Gasteiger partial charge in [-0.05, 0) is 25.0 Å². The van der Waals surface area contributed by atoms with Crippen molar-refractivity contribution in [1.82, 2.24) is 9.88 Å². The second-order valence-electron chi connectivity index (χ2n) is 3.69. The number of pyridine rings is 1. The minimum absolute atomic E-state index is 0.102. The van der Waals surface area contributed by atoms with E-state index in [1.54, 1.807) is 18.5 Å². The normalized spacial score (nSPS) is 20.6. The minimum atomic E-state index is 0.102. The molecule has 3 nitrogen and oxygen atoms in total. The molecular weight excluding hydrogens is 256 g/mol. The number of hydrogen-bond acceptors (Lipinski definition) is 2. The molecule has 1 amide bonds. The fourth-order valence-electron chi connectivity index (χ4n) is 1.92. The maximum atomic E-state index is 12.1. The second-order valence-corrected chi connectivity index (χ2v) is 4.34. The summed E-state index contributed by atoms with van der Waals surface area (Å²) in [6, 6.07) is 3.96. The molecule has 1 aromatic heterocycles.